The average Bonchev–Trinajstić information content (AvgIpc) is 2.79. The average molecular weight is 329 g/mol. The summed E-state index contributed by atoms with van der Waals surface area (Å²) in [7, 11) is 0. The van der Waals surface area contributed by atoms with Gasteiger partial charge in [-0.15, -0.1) is 0 Å². The Labute approximate surface area is 142 Å². The lowest BCUT2D eigenvalue weighted by atomic mass is 9.95. The molecule has 1 heterocycles. The van der Waals surface area contributed by atoms with Gasteiger partial charge in [0.2, 0.25) is 5.91 Å². The van der Waals surface area contributed by atoms with Crippen molar-refractivity contribution in [2.45, 2.75) is 37.8 Å². The normalized spacial score (nSPS) is 19.5. The zero-order valence-corrected chi connectivity index (χ0v) is 13.7. The van der Waals surface area contributed by atoms with Crippen molar-refractivity contribution in [3.05, 3.63) is 65.2 Å². The topological polar surface area (TPSA) is 41.1 Å². The van der Waals surface area contributed by atoms with E-state index in [1.54, 1.807) is 0 Å². The molecule has 2 aromatic carbocycles. The number of hydrogen-bond donors (Lipinski definition) is 2. The Balaban J connectivity index is 1.86. The van der Waals surface area contributed by atoms with Crippen LogP contribution >= 0.6 is 11.6 Å². The van der Waals surface area contributed by atoms with Gasteiger partial charge < -0.3 is 10.6 Å². The second-order valence-electron chi connectivity index (χ2n) is 5.96. The lowest BCUT2D eigenvalue weighted by molar-refractivity contribution is -0.121. The van der Waals surface area contributed by atoms with E-state index in [9.17, 15) is 4.79 Å². The number of amides is 1. The first-order valence-electron chi connectivity index (χ1n) is 8.09. The lowest BCUT2D eigenvalue weighted by Crippen LogP contribution is -2.40. The maximum atomic E-state index is 12.0. The van der Waals surface area contributed by atoms with Crippen molar-refractivity contribution in [1.82, 2.24) is 5.32 Å². The molecule has 2 aromatic rings. The van der Waals surface area contributed by atoms with Gasteiger partial charge in [-0.25, -0.2) is 0 Å². The standard InChI is InChI=1S/C19H21ClN2O/c20-15-10-12-16(13-11-15)21-19(14-6-2-1-3-7-14)17-8-4-5-9-18(23)22-17/h1-3,6-7,10-13,17,19,21H,4-5,8-9H2,(H,22,23)/t17-,19-/m1/s1. The van der Waals surface area contributed by atoms with Crippen molar-refractivity contribution in [2.24, 2.45) is 0 Å². The molecule has 0 unspecified atom stereocenters. The number of carbonyl (C=O) groups is 1. The Bertz CT molecular complexity index is 642. The number of rotatable bonds is 4. The minimum Gasteiger partial charge on any atom is -0.376 e. The fourth-order valence-corrected chi connectivity index (χ4v) is 3.18. The number of halogens is 1. The molecular formula is C19H21ClN2O. The van der Waals surface area contributed by atoms with Crippen molar-refractivity contribution in [3.63, 3.8) is 0 Å². The summed E-state index contributed by atoms with van der Waals surface area (Å²) in [6.07, 6.45) is 3.63. The van der Waals surface area contributed by atoms with Gasteiger partial charge in [-0.2, -0.15) is 0 Å². The number of carbonyl (C=O) groups excluding carboxylic acids is 1. The lowest BCUT2D eigenvalue weighted by Gasteiger charge is -2.29. The summed E-state index contributed by atoms with van der Waals surface area (Å²) in [5.74, 6) is 0.145. The summed E-state index contributed by atoms with van der Waals surface area (Å²) in [6.45, 7) is 0. The molecule has 3 rings (SSSR count). The quantitative estimate of drug-likeness (QED) is 0.864. The zero-order valence-electron chi connectivity index (χ0n) is 13.0. The second kappa shape index (κ2) is 7.51. The van der Waals surface area contributed by atoms with E-state index in [1.807, 2.05) is 42.5 Å². The van der Waals surface area contributed by atoms with Gasteiger partial charge in [-0.3, -0.25) is 4.79 Å². The molecule has 2 N–H and O–H groups in total. The van der Waals surface area contributed by atoms with Crippen LogP contribution < -0.4 is 10.6 Å². The van der Waals surface area contributed by atoms with Gasteiger partial charge in [-0.05, 0) is 42.7 Å². The van der Waals surface area contributed by atoms with Crippen molar-refractivity contribution >= 4 is 23.2 Å². The largest absolute Gasteiger partial charge is 0.376 e. The van der Waals surface area contributed by atoms with Crippen LogP contribution in [0, 0.1) is 0 Å². The van der Waals surface area contributed by atoms with Crippen LogP contribution in [0.4, 0.5) is 5.69 Å². The highest BCUT2D eigenvalue weighted by molar-refractivity contribution is 6.30. The fourth-order valence-electron chi connectivity index (χ4n) is 3.05. The Morgan fingerprint density at radius 2 is 1.78 bits per heavy atom. The number of benzene rings is 2. The van der Waals surface area contributed by atoms with Crippen LogP contribution in [0.25, 0.3) is 0 Å². The van der Waals surface area contributed by atoms with E-state index in [-0.39, 0.29) is 18.0 Å². The van der Waals surface area contributed by atoms with Crippen molar-refractivity contribution in [3.8, 4) is 0 Å². The van der Waals surface area contributed by atoms with Crippen molar-refractivity contribution in [1.29, 1.82) is 0 Å². The van der Waals surface area contributed by atoms with Crippen molar-refractivity contribution in [2.75, 3.05) is 5.32 Å². The summed E-state index contributed by atoms with van der Waals surface area (Å²) < 4.78 is 0. The van der Waals surface area contributed by atoms with Gasteiger partial charge in [0.05, 0.1) is 12.1 Å². The van der Waals surface area contributed by atoms with Gasteiger partial charge in [0.1, 0.15) is 0 Å². The first-order valence-corrected chi connectivity index (χ1v) is 8.46. The van der Waals surface area contributed by atoms with E-state index in [2.05, 4.69) is 22.8 Å². The Morgan fingerprint density at radius 3 is 2.52 bits per heavy atom. The minimum absolute atomic E-state index is 0.0411. The maximum absolute atomic E-state index is 12.0. The molecule has 4 heteroatoms. The van der Waals surface area contributed by atoms with E-state index in [4.69, 9.17) is 11.6 Å². The molecule has 3 nitrogen and oxygen atoms in total. The first-order chi connectivity index (χ1) is 11.2. The van der Waals surface area contributed by atoms with Crippen LogP contribution in [0.1, 0.15) is 37.3 Å². The predicted octanol–water partition coefficient (Wildman–Crippen LogP) is 4.55. The molecule has 1 amide bonds. The molecule has 1 aliphatic heterocycles. The molecule has 0 aliphatic carbocycles. The van der Waals surface area contributed by atoms with Gasteiger partial charge in [-0.1, -0.05) is 48.4 Å². The number of anilines is 1. The minimum atomic E-state index is 0.0411. The highest BCUT2D eigenvalue weighted by Crippen LogP contribution is 2.27. The smallest absolute Gasteiger partial charge is 0.220 e. The molecule has 0 saturated carbocycles. The monoisotopic (exact) mass is 328 g/mol. The van der Waals surface area contributed by atoms with E-state index >= 15 is 0 Å². The summed E-state index contributed by atoms with van der Waals surface area (Å²) in [6, 6.07) is 18.1. The van der Waals surface area contributed by atoms with E-state index in [0.717, 1.165) is 30.0 Å². The molecule has 0 aromatic heterocycles. The van der Waals surface area contributed by atoms with Crippen LogP contribution in [0.2, 0.25) is 5.02 Å². The third-order valence-corrected chi connectivity index (χ3v) is 4.49. The van der Waals surface area contributed by atoms with Crippen molar-refractivity contribution < 1.29 is 4.79 Å². The van der Waals surface area contributed by atoms with Gasteiger partial charge in [0, 0.05) is 17.1 Å². The molecule has 1 aliphatic rings. The molecular weight excluding hydrogens is 308 g/mol. The molecule has 23 heavy (non-hydrogen) atoms. The van der Waals surface area contributed by atoms with Crippen LogP contribution in [0.5, 0.6) is 0 Å². The Morgan fingerprint density at radius 1 is 1.04 bits per heavy atom. The molecule has 0 radical (unpaired) electrons. The second-order valence-corrected chi connectivity index (χ2v) is 6.40. The van der Waals surface area contributed by atoms with Gasteiger partial charge in [0.25, 0.3) is 0 Å². The highest BCUT2D eigenvalue weighted by Gasteiger charge is 2.26. The zero-order chi connectivity index (χ0) is 16.1. The van der Waals surface area contributed by atoms with Crippen LogP contribution in [0.15, 0.2) is 54.6 Å². The van der Waals surface area contributed by atoms with Gasteiger partial charge >= 0.3 is 0 Å². The maximum Gasteiger partial charge on any atom is 0.220 e. The molecule has 2 atom stereocenters. The molecule has 1 saturated heterocycles. The number of nitrogens with one attached hydrogen (secondary N) is 2. The van der Waals surface area contributed by atoms with Crippen LogP contribution in [-0.2, 0) is 4.79 Å². The van der Waals surface area contributed by atoms with E-state index in [0.29, 0.717) is 6.42 Å². The SMILES string of the molecule is O=C1CCCC[C@H]([C@H](Nc2ccc(Cl)cc2)c2ccccc2)N1. The number of hydrogen-bond acceptors (Lipinski definition) is 2. The molecule has 120 valence electrons. The third kappa shape index (κ3) is 4.26. The van der Waals surface area contributed by atoms with Crippen LogP contribution in [0.3, 0.4) is 0 Å². The fraction of sp³-hybridized carbons (Fsp3) is 0.316. The first kappa shape index (κ1) is 15.9. The Hall–Kier alpha value is -2.00. The molecule has 0 bridgehead atoms. The summed E-state index contributed by atoms with van der Waals surface area (Å²) in [5, 5.41) is 7.47. The van der Waals surface area contributed by atoms with Gasteiger partial charge in [0.15, 0.2) is 0 Å². The summed E-state index contributed by atoms with van der Waals surface area (Å²) in [4.78, 5) is 12.0. The van der Waals surface area contributed by atoms with E-state index < -0.39 is 0 Å². The molecule has 0 spiro atoms. The summed E-state index contributed by atoms with van der Waals surface area (Å²) >= 11 is 5.97. The van der Waals surface area contributed by atoms with Crippen LogP contribution in [-0.4, -0.2) is 11.9 Å². The van der Waals surface area contributed by atoms with E-state index in [1.165, 1.54) is 5.56 Å². The third-order valence-electron chi connectivity index (χ3n) is 4.24. The predicted molar refractivity (Wildman–Crippen MR) is 94.7 cm³/mol. The molecule has 1 fully saturated rings. The highest BCUT2D eigenvalue weighted by atomic mass is 35.5. The Kier molecular flexibility index (Phi) is 5.19. The summed E-state index contributed by atoms with van der Waals surface area (Å²) in [5.41, 5.74) is 2.18.